The molecule has 0 saturated carbocycles. The molecule has 0 fully saturated rings. The molecule has 0 saturated heterocycles. The Morgan fingerprint density at radius 1 is 1.38 bits per heavy atom. The molecule has 1 N–H and O–H groups in total. The van der Waals surface area contributed by atoms with E-state index in [0.29, 0.717) is 22.7 Å². The van der Waals surface area contributed by atoms with Crippen LogP contribution in [-0.2, 0) is 4.79 Å². The van der Waals surface area contributed by atoms with Crippen LogP contribution in [0.25, 0.3) is 5.70 Å². The average molecular weight is 433 g/mol. The van der Waals surface area contributed by atoms with E-state index < -0.39 is 0 Å². The van der Waals surface area contributed by atoms with E-state index in [2.05, 4.69) is 41.2 Å². The molecule has 1 amide bonds. The number of fused-ring (bicyclic) bond motifs is 2. The summed E-state index contributed by atoms with van der Waals surface area (Å²) in [7, 11) is 0. The van der Waals surface area contributed by atoms with Crippen molar-refractivity contribution in [2.24, 2.45) is 21.9 Å². The number of nitrogens with one attached hydrogen (secondary N) is 1. The van der Waals surface area contributed by atoms with E-state index in [0.717, 1.165) is 27.9 Å². The molecule has 136 valence electrons. The zero-order chi connectivity index (χ0) is 18.4. The van der Waals surface area contributed by atoms with Crippen molar-refractivity contribution in [1.29, 1.82) is 0 Å². The highest BCUT2D eigenvalue weighted by Crippen LogP contribution is 2.36. The lowest BCUT2D eigenvalue weighted by atomic mass is 9.79. The number of hydrazone groups is 1. The molecular weight excluding hydrogens is 412 g/mol. The lowest BCUT2D eigenvalue weighted by Crippen LogP contribution is -2.55. The van der Waals surface area contributed by atoms with Gasteiger partial charge in [0.2, 0.25) is 0 Å². The van der Waals surface area contributed by atoms with Gasteiger partial charge >= 0.3 is 0 Å². The van der Waals surface area contributed by atoms with Gasteiger partial charge in [0.25, 0.3) is 5.91 Å². The number of carbonyl (C=O) groups is 1. The van der Waals surface area contributed by atoms with Crippen LogP contribution in [-0.4, -0.2) is 28.5 Å². The number of hydrogen-bond donors (Lipinski definition) is 1. The van der Waals surface area contributed by atoms with Crippen molar-refractivity contribution < 1.29 is 4.79 Å². The first kappa shape index (κ1) is 17.8. The van der Waals surface area contributed by atoms with Gasteiger partial charge in [-0.3, -0.25) is 15.1 Å². The molecular formula is C19H21BrN4OS. The van der Waals surface area contributed by atoms with Crippen LogP contribution in [0, 0.1) is 11.8 Å². The Balaban J connectivity index is 1.91. The van der Waals surface area contributed by atoms with E-state index in [1.807, 2.05) is 29.5 Å². The first-order chi connectivity index (χ1) is 12.5. The largest absolute Gasteiger partial charge is 0.298 e. The highest BCUT2D eigenvalue weighted by atomic mass is 79.9. The first-order valence-corrected chi connectivity index (χ1v) is 10.8. The van der Waals surface area contributed by atoms with Gasteiger partial charge in [0.1, 0.15) is 11.9 Å². The van der Waals surface area contributed by atoms with E-state index in [-0.39, 0.29) is 12.1 Å². The van der Waals surface area contributed by atoms with Crippen LogP contribution in [0.15, 0.2) is 44.4 Å². The van der Waals surface area contributed by atoms with E-state index in [9.17, 15) is 4.79 Å². The van der Waals surface area contributed by atoms with Crippen LogP contribution < -0.4 is 15.9 Å². The SMILES string of the molecule is CSC1=NN2C(=c3cc(Br)ccc3=NC2C2CC=C(C)CC2C)C(=O)N1. The average Bonchev–Trinajstić information content (AvgIpc) is 2.61. The van der Waals surface area contributed by atoms with Gasteiger partial charge in [-0.25, -0.2) is 5.01 Å². The van der Waals surface area contributed by atoms with Gasteiger partial charge < -0.3 is 0 Å². The smallest absolute Gasteiger partial charge is 0.276 e. The minimum atomic E-state index is -0.161. The monoisotopic (exact) mass is 432 g/mol. The lowest BCUT2D eigenvalue weighted by molar-refractivity contribution is -0.116. The summed E-state index contributed by atoms with van der Waals surface area (Å²) >= 11 is 4.95. The number of carbonyl (C=O) groups excluding carboxylic acids is 1. The standard InChI is InChI=1S/C19H21BrN4OS/c1-10-4-6-13(11(2)8-10)17-21-15-7-5-12(20)9-14(15)16-18(25)22-19(26-3)23-24(16)17/h4-5,7,9,11,13,17H,6,8H2,1-3H3,(H,22,23,25). The Morgan fingerprint density at radius 3 is 2.92 bits per heavy atom. The Labute approximate surface area is 165 Å². The second-order valence-corrected chi connectivity index (χ2v) is 8.80. The number of amides is 1. The number of benzene rings is 1. The van der Waals surface area contributed by atoms with Crippen LogP contribution in [0.2, 0.25) is 0 Å². The van der Waals surface area contributed by atoms with Gasteiger partial charge in [-0.05, 0) is 50.1 Å². The summed E-state index contributed by atoms with van der Waals surface area (Å²) in [6.07, 6.45) is 6.09. The summed E-state index contributed by atoms with van der Waals surface area (Å²) in [5.41, 5.74) is 2.03. The molecule has 4 rings (SSSR count). The molecule has 0 spiro atoms. The van der Waals surface area contributed by atoms with Gasteiger partial charge in [0.15, 0.2) is 5.17 Å². The third-order valence-electron chi connectivity index (χ3n) is 5.29. The van der Waals surface area contributed by atoms with E-state index in [4.69, 9.17) is 10.1 Å². The normalized spacial score (nSPS) is 27.7. The molecule has 3 atom stereocenters. The number of nitrogens with zero attached hydrogens (tertiary/aromatic N) is 3. The summed E-state index contributed by atoms with van der Waals surface area (Å²) in [6.45, 7) is 4.46. The number of thioether (sulfide) groups is 1. The van der Waals surface area contributed by atoms with Crippen LogP contribution in [0.1, 0.15) is 26.7 Å². The molecule has 26 heavy (non-hydrogen) atoms. The zero-order valence-electron chi connectivity index (χ0n) is 15.0. The fourth-order valence-electron chi connectivity index (χ4n) is 3.97. The Morgan fingerprint density at radius 2 is 2.19 bits per heavy atom. The minimum absolute atomic E-state index is 0.112. The fourth-order valence-corrected chi connectivity index (χ4v) is 4.70. The molecule has 1 aromatic rings. The zero-order valence-corrected chi connectivity index (χ0v) is 17.4. The minimum Gasteiger partial charge on any atom is -0.298 e. The summed E-state index contributed by atoms with van der Waals surface area (Å²) in [6, 6.07) is 5.90. The molecule has 7 heteroatoms. The van der Waals surface area contributed by atoms with Crippen LogP contribution in [0.5, 0.6) is 0 Å². The lowest BCUT2D eigenvalue weighted by Gasteiger charge is -2.40. The number of allylic oxidation sites excluding steroid dienone is 2. The van der Waals surface area contributed by atoms with Crippen molar-refractivity contribution >= 4 is 44.5 Å². The van der Waals surface area contributed by atoms with Crippen molar-refractivity contribution in [2.45, 2.75) is 32.9 Å². The van der Waals surface area contributed by atoms with Crippen molar-refractivity contribution in [3.05, 3.63) is 44.9 Å². The Kier molecular flexibility index (Phi) is 4.69. The summed E-state index contributed by atoms with van der Waals surface area (Å²) < 4.78 is 0.925. The first-order valence-electron chi connectivity index (χ1n) is 8.74. The van der Waals surface area contributed by atoms with Crippen LogP contribution in [0.3, 0.4) is 0 Å². The molecule has 2 aliphatic heterocycles. The van der Waals surface area contributed by atoms with Gasteiger partial charge in [-0.1, -0.05) is 46.3 Å². The van der Waals surface area contributed by atoms with Crippen molar-refractivity contribution in [2.75, 3.05) is 6.26 Å². The number of halogens is 1. The Bertz CT molecular complexity index is 955. The molecule has 0 bridgehead atoms. The third-order valence-corrected chi connectivity index (χ3v) is 6.35. The molecule has 0 radical (unpaired) electrons. The Hall–Kier alpha value is -1.60. The van der Waals surface area contributed by atoms with E-state index in [1.54, 1.807) is 0 Å². The molecule has 3 aliphatic rings. The topological polar surface area (TPSA) is 57.1 Å². The molecule has 2 heterocycles. The van der Waals surface area contributed by atoms with Crippen molar-refractivity contribution in [1.82, 2.24) is 10.3 Å². The van der Waals surface area contributed by atoms with E-state index in [1.165, 1.54) is 17.3 Å². The maximum Gasteiger partial charge on any atom is 0.276 e. The molecule has 1 aromatic carbocycles. The van der Waals surface area contributed by atoms with Crippen LogP contribution >= 0.6 is 27.7 Å². The summed E-state index contributed by atoms with van der Waals surface area (Å²) in [5.74, 6) is 0.701. The number of hydrogen-bond acceptors (Lipinski definition) is 5. The second-order valence-electron chi connectivity index (χ2n) is 7.09. The summed E-state index contributed by atoms with van der Waals surface area (Å²) in [4.78, 5) is 17.9. The quantitative estimate of drug-likeness (QED) is 0.693. The molecule has 0 aromatic heterocycles. The maximum absolute atomic E-state index is 12.9. The fraction of sp³-hybridized carbons (Fsp3) is 0.421. The molecule has 5 nitrogen and oxygen atoms in total. The maximum atomic E-state index is 12.9. The predicted molar refractivity (Wildman–Crippen MR) is 109 cm³/mol. The van der Waals surface area contributed by atoms with E-state index >= 15 is 0 Å². The van der Waals surface area contributed by atoms with Gasteiger partial charge in [-0.15, -0.1) is 5.10 Å². The molecule has 3 unspecified atom stereocenters. The third kappa shape index (κ3) is 3.01. The number of rotatable bonds is 1. The second kappa shape index (κ2) is 6.85. The predicted octanol–water partition coefficient (Wildman–Crippen LogP) is 2.57. The van der Waals surface area contributed by atoms with Crippen molar-refractivity contribution in [3.63, 3.8) is 0 Å². The van der Waals surface area contributed by atoms with Gasteiger partial charge in [0.05, 0.1) is 5.36 Å². The summed E-state index contributed by atoms with van der Waals surface area (Å²) in [5, 5.41) is 11.8. The highest BCUT2D eigenvalue weighted by molar-refractivity contribution is 9.10. The van der Waals surface area contributed by atoms with Crippen LogP contribution in [0.4, 0.5) is 0 Å². The van der Waals surface area contributed by atoms with Gasteiger partial charge in [-0.2, -0.15) is 0 Å². The van der Waals surface area contributed by atoms with Gasteiger partial charge in [0, 0.05) is 15.6 Å². The highest BCUT2D eigenvalue weighted by Gasteiger charge is 2.39. The number of amidine groups is 1. The van der Waals surface area contributed by atoms with Crippen molar-refractivity contribution in [3.8, 4) is 0 Å². The molecule has 1 aliphatic carbocycles.